The fraction of sp³-hybridized carbons (Fsp3) is 0.0526. The molecule has 27 heavy (non-hydrogen) atoms. The molecule has 0 saturated heterocycles. The molecule has 1 aromatic heterocycles. The van der Waals surface area contributed by atoms with Gasteiger partial charge in [0, 0.05) is 0 Å². The Labute approximate surface area is 161 Å². The molecule has 6 nitrogen and oxygen atoms in total. The van der Waals surface area contributed by atoms with Crippen LogP contribution in [0.2, 0.25) is 0 Å². The van der Waals surface area contributed by atoms with Crippen molar-refractivity contribution in [1.82, 2.24) is 5.43 Å². The predicted octanol–water partition coefficient (Wildman–Crippen LogP) is 3.62. The van der Waals surface area contributed by atoms with Gasteiger partial charge < -0.3 is 0 Å². The second-order valence-electron chi connectivity index (χ2n) is 5.70. The smallest absolute Gasteiger partial charge is 0.273 e. The van der Waals surface area contributed by atoms with Gasteiger partial charge >= 0.3 is 0 Å². The van der Waals surface area contributed by atoms with Crippen LogP contribution in [0.4, 0.5) is 5.69 Å². The van der Waals surface area contributed by atoms with Crippen molar-refractivity contribution in [2.75, 3.05) is 4.72 Å². The summed E-state index contributed by atoms with van der Waals surface area (Å²) in [5.74, 6) is -0.511. The number of rotatable bonds is 6. The van der Waals surface area contributed by atoms with E-state index in [9.17, 15) is 13.2 Å². The van der Waals surface area contributed by atoms with Crippen LogP contribution >= 0.6 is 11.3 Å². The highest BCUT2D eigenvalue weighted by Crippen LogP contribution is 2.22. The number of sulfonamides is 1. The summed E-state index contributed by atoms with van der Waals surface area (Å²) in [5, 5.41) is 5.62. The zero-order chi connectivity index (χ0) is 19.3. The molecule has 0 aliphatic carbocycles. The molecule has 0 aliphatic heterocycles. The molecule has 0 radical (unpaired) electrons. The average Bonchev–Trinajstić information content (AvgIpc) is 3.17. The molecule has 1 amide bonds. The van der Waals surface area contributed by atoms with Crippen LogP contribution in [-0.4, -0.2) is 20.5 Å². The minimum atomic E-state index is -3.74. The fourth-order valence-corrected chi connectivity index (χ4v) is 4.43. The van der Waals surface area contributed by atoms with E-state index in [1.165, 1.54) is 24.4 Å². The molecule has 8 heteroatoms. The highest BCUT2D eigenvalue weighted by atomic mass is 32.2. The number of hydrogen-bond acceptors (Lipinski definition) is 5. The van der Waals surface area contributed by atoms with Crippen LogP contribution in [0.15, 0.2) is 75.4 Å². The Bertz CT molecular complexity index is 1080. The van der Waals surface area contributed by atoms with Gasteiger partial charge in [-0.05, 0) is 36.1 Å². The zero-order valence-electron chi connectivity index (χ0n) is 14.4. The minimum absolute atomic E-state index is 0.176. The lowest BCUT2D eigenvalue weighted by atomic mass is 10.1. The first-order valence-electron chi connectivity index (χ1n) is 8.01. The van der Waals surface area contributed by atoms with E-state index in [0.717, 1.165) is 22.5 Å². The Balaban J connectivity index is 1.76. The van der Waals surface area contributed by atoms with Gasteiger partial charge in [0.05, 0.1) is 17.5 Å². The van der Waals surface area contributed by atoms with Crippen LogP contribution in [0.25, 0.3) is 0 Å². The highest BCUT2D eigenvalue weighted by molar-refractivity contribution is 7.94. The monoisotopic (exact) mass is 399 g/mol. The van der Waals surface area contributed by atoms with Crippen LogP contribution < -0.4 is 10.1 Å². The Kier molecular flexibility index (Phi) is 5.68. The molecule has 2 aromatic carbocycles. The second kappa shape index (κ2) is 8.15. The van der Waals surface area contributed by atoms with E-state index in [0.29, 0.717) is 0 Å². The molecule has 3 aromatic rings. The molecule has 138 valence electrons. The predicted molar refractivity (Wildman–Crippen MR) is 108 cm³/mol. The molecule has 2 N–H and O–H groups in total. The summed E-state index contributed by atoms with van der Waals surface area (Å²) in [7, 11) is -3.74. The number of nitrogens with one attached hydrogen (secondary N) is 2. The normalized spacial score (nSPS) is 11.4. The summed E-state index contributed by atoms with van der Waals surface area (Å²) in [6.07, 6.45) is 1.53. The zero-order valence-corrected chi connectivity index (χ0v) is 16.0. The molecule has 0 fully saturated rings. The number of carbonyl (C=O) groups excluding carboxylic acids is 1. The summed E-state index contributed by atoms with van der Waals surface area (Å²) < 4.78 is 27.4. The molecule has 0 saturated carbocycles. The minimum Gasteiger partial charge on any atom is -0.278 e. The molecular formula is C19H17N3O3S2. The number of hydrazone groups is 1. The van der Waals surface area contributed by atoms with Crippen LogP contribution in [0.5, 0.6) is 0 Å². The van der Waals surface area contributed by atoms with Gasteiger partial charge in [-0.1, -0.05) is 48.0 Å². The summed E-state index contributed by atoms with van der Waals surface area (Å²) in [5.41, 5.74) is 4.73. The van der Waals surface area contributed by atoms with E-state index in [1.807, 2.05) is 31.2 Å². The maximum absolute atomic E-state index is 12.4. The lowest BCUT2D eigenvalue weighted by Gasteiger charge is -2.10. The van der Waals surface area contributed by atoms with E-state index in [1.54, 1.807) is 23.6 Å². The van der Waals surface area contributed by atoms with Crippen molar-refractivity contribution in [2.45, 2.75) is 11.1 Å². The lowest BCUT2D eigenvalue weighted by molar-refractivity contribution is 0.0956. The Morgan fingerprint density at radius 1 is 1.07 bits per heavy atom. The Morgan fingerprint density at radius 3 is 2.63 bits per heavy atom. The average molecular weight is 399 g/mol. The lowest BCUT2D eigenvalue weighted by Crippen LogP contribution is -2.21. The van der Waals surface area contributed by atoms with Gasteiger partial charge in [-0.25, -0.2) is 13.8 Å². The van der Waals surface area contributed by atoms with Crippen molar-refractivity contribution < 1.29 is 13.2 Å². The van der Waals surface area contributed by atoms with E-state index in [-0.39, 0.29) is 15.5 Å². The number of amides is 1. The van der Waals surface area contributed by atoms with Crippen molar-refractivity contribution in [1.29, 1.82) is 0 Å². The number of para-hydroxylation sites is 1. The van der Waals surface area contributed by atoms with Crippen molar-refractivity contribution >= 4 is 39.2 Å². The quantitative estimate of drug-likeness (QED) is 0.490. The van der Waals surface area contributed by atoms with Gasteiger partial charge in [0.15, 0.2) is 0 Å². The van der Waals surface area contributed by atoms with E-state index >= 15 is 0 Å². The van der Waals surface area contributed by atoms with E-state index in [4.69, 9.17) is 0 Å². The van der Waals surface area contributed by atoms with Gasteiger partial charge in [0.1, 0.15) is 4.21 Å². The van der Waals surface area contributed by atoms with E-state index < -0.39 is 15.9 Å². The maximum Gasteiger partial charge on any atom is 0.273 e. The highest BCUT2D eigenvalue weighted by Gasteiger charge is 2.19. The largest absolute Gasteiger partial charge is 0.278 e. The first-order chi connectivity index (χ1) is 13.0. The second-order valence-corrected chi connectivity index (χ2v) is 8.55. The first kappa shape index (κ1) is 18.8. The molecule has 0 atom stereocenters. The topological polar surface area (TPSA) is 87.6 Å². The number of anilines is 1. The Morgan fingerprint density at radius 2 is 1.89 bits per heavy atom. The van der Waals surface area contributed by atoms with Gasteiger partial charge in [0.25, 0.3) is 15.9 Å². The molecule has 1 heterocycles. The summed E-state index contributed by atoms with van der Waals surface area (Å²) in [6.45, 7) is 1.96. The van der Waals surface area contributed by atoms with Gasteiger partial charge in [-0.15, -0.1) is 11.3 Å². The third-order valence-electron chi connectivity index (χ3n) is 3.60. The molecular weight excluding hydrogens is 382 g/mol. The van der Waals surface area contributed by atoms with Crippen molar-refractivity contribution in [3.8, 4) is 0 Å². The van der Waals surface area contributed by atoms with Gasteiger partial charge in [0.2, 0.25) is 0 Å². The summed E-state index contributed by atoms with van der Waals surface area (Å²) >= 11 is 1.10. The number of benzene rings is 2. The number of nitrogens with zero attached hydrogens (tertiary/aromatic N) is 1. The van der Waals surface area contributed by atoms with Gasteiger partial charge in [-0.2, -0.15) is 5.10 Å². The van der Waals surface area contributed by atoms with Crippen LogP contribution in [-0.2, 0) is 10.0 Å². The number of carbonyl (C=O) groups is 1. The van der Waals surface area contributed by atoms with Gasteiger partial charge in [-0.3, -0.25) is 9.52 Å². The molecule has 0 spiro atoms. The first-order valence-corrected chi connectivity index (χ1v) is 10.4. The van der Waals surface area contributed by atoms with Crippen LogP contribution in [0, 0.1) is 6.92 Å². The van der Waals surface area contributed by atoms with Crippen molar-refractivity contribution in [3.05, 3.63) is 82.7 Å². The van der Waals surface area contributed by atoms with Crippen LogP contribution in [0.1, 0.15) is 21.5 Å². The van der Waals surface area contributed by atoms with Crippen molar-refractivity contribution in [3.63, 3.8) is 0 Å². The maximum atomic E-state index is 12.4. The third kappa shape index (κ3) is 4.81. The standard InChI is InChI=1S/C19H17N3O3S2/c1-14-6-4-7-15(12-14)13-20-21-19(23)16-8-2-3-9-17(16)22-27(24,25)18-10-5-11-26-18/h2-13,22H,1H3,(H,21,23)/b20-13+. The number of aryl methyl sites for hydroxylation is 1. The summed E-state index contributed by atoms with van der Waals surface area (Å²) in [4.78, 5) is 12.4. The number of hydrogen-bond donors (Lipinski definition) is 2. The van der Waals surface area contributed by atoms with E-state index in [2.05, 4.69) is 15.2 Å². The Hall–Kier alpha value is -2.97. The SMILES string of the molecule is Cc1cccc(/C=N/NC(=O)c2ccccc2NS(=O)(=O)c2cccs2)c1. The van der Waals surface area contributed by atoms with Crippen LogP contribution in [0.3, 0.4) is 0 Å². The fourth-order valence-electron chi connectivity index (χ4n) is 2.36. The summed E-state index contributed by atoms with van der Waals surface area (Å²) in [6, 6.07) is 17.2. The number of thiophene rings is 1. The molecule has 0 unspecified atom stereocenters. The van der Waals surface area contributed by atoms with Crippen molar-refractivity contribution in [2.24, 2.45) is 5.10 Å². The molecule has 3 rings (SSSR count). The molecule has 0 aliphatic rings. The third-order valence-corrected chi connectivity index (χ3v) is 6.36. The molecule has 0 bridgehead atoms.